The number of benzene rings is 1. The predicted octanol–water partition coefficient (Wildman–Crippen LogP) is 5.01. The van der Waals surface area contributed by atoms with Gasteiger partial charge in [-0.25, -0.2) is 4.39 Å². The average Bonchev–Trinajstić information content (AvgIpc) is 2.33. The number of hydrogen-bond acceptors (Lipinski definition) is 1. The first-order valence-corrected chi connectivity index (χ1v) is 7.50. The third-order valence-corrected chi connectivity index (χ3v) is 4.57. The highest BCUT2D eigenvalue weighted by Gasteiger charge is 2.31. The van der Waals surface area contributed by atoms with Gasteiger partial charge in [0.2, 0.25) is 0 Å². The number of rotatable bonds is 3. The monoisotopic (exact) mass is 263 g/mol. The van der Waals surface area contributed by atoms with Crippen LogP contribution in [-0.2, 0) is 0 Å². The Kier molecular flexibility index (Phi) is 4.49. The number of para-hydroxylation sites is 1. The van der Waals surface area contributed by atoms with Gasteiger partial charge in [-0.3, -0.25) is 0 Å². The van der Waals surface area contributed by atoms with E-state index in [0.29, 0.717) is 23.6 Å². The van der Waals surface area contributed by atoms with Gasteiger partial charge in [-0.05, 0) is 49.1 Å². The summed E-state index contributed by atoms with van der Waals surface area (Å²) in [6.07, 6.45) is 3.71. The van der Waals surface area contributed by atoms with Gasteiger partial charge in [-0.1, -0.05) is 39.3 Å². The zero-order valence-corrected chi connectivity index (χ0v) is 12.5. The number of anilines is 1. The summed E-state index contributed by atoms with van der Waals surface area (Å²) in [7, 11) is 0. The van der Waals surface area contributed by atoms with Gasteiger partial charge in [0.1, 0.15) is 5.82 Å². The number of nitrogens with one attached hydrogen (secondary N) is 1. The van der Waals surface area contributed by atoms with E-state index in [4.69, 9.17) is 0 Å². The molecule has 1 saturated carbocycles. The first-order chi connectivity index (χ1) is 8.99. The number of halogens is 1. The lowest BCUT2D eigenvalue weighted by Gasteiger charge is -2.38. The van der Waals surface area contributed by atoms with Crippen molar-refractivity contribution < 1.29 is 4.39 Å². The Balaban J connectivity index is 2.19. The maximum atomic E-state index is 14.0. The summed E-state index contributed by atoms with van der Waals surface area (Å²) in [6.45, 7) is 8.84. The Bertz CT molecular complexity index is 407. The van der Waals surface area contributed by atoms with E-state index in [2.05, 4.69) is 26.1 Å². The summed E-state index contributed by atoms with van der Waals surface area (Å²) in [5.74, 6) is 1.91. The van der Waals surface area contributed by atoms with Crippen LogP contribution in [0.25, 0.3) is 0 Å². The fraction of sp³-hybridized carbons (Fsp3) is 0.647. The van der Waals surface area contributed by atoms with Crippen LogP contribution < -0.4 is 5.32 Å². The lowest BCUT2D eigenvalue weighted by molar-refractivity contribution is 0.211. The summed E-state index contributed by atoms with van der Waals surface area (Å²) in [4.78, 5) is 0. The van der Waals surface area contributed by atoms with Gasteiger partial charge in [0, 0.05) is 6.04 Å². The van der Waals surface area contributed by atoms with E-state index in [1.54, 1.807) is 12.1 Å². The van der Waals surface area contributed by atoms with Crippen molar-refractivity contribution in [2.75, 3.05) is 5.32 Å². The molecule has 19 heavy (non-hydrogen) atoms. The summed E-state index contributed by atoms with van der Waals surface area (Å²) in [5, 5.41) is 3.50. The van der Waals surface area contributed by atoms with Crippen LogP contribution in [0.1, 0.15) is 45.6 Å². The van der Waals surface area contributed by atoms with Crippen molar-refractivity contribution in [3.05, 3.63) is 29.6 Å². The van der Waals surface area contributed by atoms with Gasteiger partial charge in [0.25, 0.3) is 0 Å². The van der Waals surface area contributed by atoms with Crippen LogP contribution in [0, 0.1) is 30.5 Å². The van der Waals surface area contributed by atoms with Gasteiger partial charge in [0.15, 0.2) is 0 Å². The molecule has 1 N–H and O–H groups in total. The fourth-order valence-corrected chi connectivity index (χ4v) is 3.37. The van der Waals surface area contributed by atoms with E-state index in [9.17, 15) is 4.39 Å². The van der Waals surface area contributed by atoms with Crippen molar-refractivity contribution >= 4 is 5.69 Å². The summed E-state index contributed by atoms with van der Waals surface area (Å²) in [5.41, 5.74) is 1.70. The molecular weight excluding hydrogens is 237 g/mol. The van der Waals surface area contributed by atoms with Crippen molar-refractivity contribution in [3.63, 3.8) is 0 Å². The molecule has 1 fully saturated rings. The van der Waals surface area contributed by atoms with Crippen LogP contribution >= 0.6 is 0 Å². The van der Waals surface area contributed by atoms with E-state index in [-0.39, 0.29) is 5.82 Å². The van der Waals surface area contributed by atoms with Crippen molar-refractivity contribution in [2.24, 2.45) is 17.8 Å². The molecule has 0 aromatic heterocycles. The largest absolute Gasteiger partial charge is 0.379 e. The van der Waals surface area contributed by atoms with Gasteiger partial charge in [-0.2, -0.15) is 0 Å². The molecule has 1 aliphatic carbocycles. The molecule has 0 radical (unpaired) electrons. The lowest BCUT2D eigenvalue weighted by Crippen LogP contribution is -2.38. The first kappa shape index (κ1) is 14.4. The van der Waals surface area contributed by atoms with Crippen molar-refractivity contribution in [1.82, 2.24) is 0 Å². The molecule has 0 aliphatic heterocycles. The maximum Gasteiger partial charge on any atom is 0.146 e. The van der Waals surface area contributed by atoms with Crippen LogP contribution in [0.4, 0.5) is 10.1 Å². The normalized spacial score (nSPS) is 27.6. The van der Waals surface area contributed by atoms with E-state index >= 15 is 0 Å². The zero-order valence-electron chi connectivity index (χ0n) is 12.5. The molecule has 2 rings (SSSR count). The molecule has 3 atom stereocenters. The minimum absolute atomic E-state index is 0.124. The minimum Gasteiger partial charge on any atom is -0.379 e. The first-order valence-electron chi connectivity index (χ1n) is 7.50. The lowest BCUT2D eigenvalue weighted by atomic mass is 9.74. The van der Waals surface area contributed by atoms with Crippen LogP contribution in [0.5, 0.6) is 0 Å². The molecule has 0 bridgehead atoms. The number of aryl methyl sites for hydroxylation is 1. The number of hydrogen-bond donors (Lipinski definition) is 1. The highest BCUT2D eigenvalue weighted by molar-refractivity contribution is 5.52. The van der Waals surface area contributed by atoms with Crippen LogP contribution in [-0.4, -0.2) is 6.04 Å². The Labute approximate surface area is 116 Å². The van der Waals surface area contributed by atoms with Crippen LogP contribution in [0.3, 0.4) is 0 Å². The summed E-state index contributed by atoms with van der Waals surface area (Å²) < 4.78 is 14.0. The van der Waals surface area contributed by atoms with E-state index < -0.39 is 0 Å². The third kappa shape index (κ3) is 3.29. The molecule has 1 aromatic carbocycles. The molecule has 1 aliphatic rings. The third-order valence-electron chi connectivity index (χ3n) is 4.57. The summed E-state index contributed by atoms with van der Waals surface area (Å²) in [6, 6.07) is 5.70. The quantitative estimate of drug-likeness (QED) is 0.808. The molecule has 1 aromatic rings. The second-order valence-corrected chi connectivity index (χ2v) is 6.51. The van der Waals surface area contributed by atoms with Crippen molar-refractivity contribution in [1.29, 1.82) is 0 Å². The van der Waals surface area contributed by atoms with E-state index in [0.717, 1.165) is 17.9 Å². The maximum absolute atomic E-state index is 14.0. The van der Waals surface area contributed by atoms with Crippen molar-refractivity contribution in [3.8, 4) is 0 Å². The topological polar surface area (TPSA) is 12.0 Å². The molecule has 3 unspecified atom stereocenters. The Morgan fingerprint density at radius 3 is 2.63 bits per heavy atom. The predicted molar refractivity (Wildman–Crippen MR) is 79.9 cm³/mol. The van der Waals surface area contributed by atoms with Gasteiger partial charge in [0.05, 0.1) is 5.69 Å². The highest BCUT2D eigenvalue weighted by Crippen LogP contribution is 2.36. The fourth-order valence-electron chi connectivity index (χ4n) is 3.37. The van der Waals surface area contributed by atoms with Crippen molar-refractivity contribution in [2.45, 2.75) is 53.0 Å². The highest BCUT2D eigenvalue weighted by atomic mass is 19.1. The Hall–Kier alpha value is -1.05. The van der Waals surface area contributed by atoms with Crippen LogP contribution in [0.2, 0.25) is 0 Å². The molecule has 0 saturated heterocycles. The second kappa shape index (κ2) is 5.94. The van der Waals surface area contributed by atoms with Crippen LogP contribution in [0.15, 0.2) is 18.2 Å². The zero-order chi connectivity index (χ0) is 14.0. The molecule has 0 spiro atoms. The SMILES string of the molecule is Cc1cccc(F)c1NC1CC(C)CCC1C(C)C. The van der Waals surface area contributed by atoms with Gasteiger partial charge in [-0.15, -0.1) is 0 Å². The molecule has 106 valence electrons. The molecular formula is C17H26FN. The molecule has 0 heterocycles. The Morgan fingerprint density at radius 1 is 1.26 bits per heavy atom. The smallest absolute Gasteiger partial charge is 0.146 e. The second-order valence-electron chi connectivity index (χ2n) is 6.51. The van der Waals surface area contributed by atoms with Gasteiger partial charge >= 0.3 is 0 Å². The van der Waals surface area contributed by atoms with E-state index in [1.807, 2.05) is 13.0 Å². The summed E-state index contributed by atoms with van der Waals surface area (Å²) >= 11 is 0. The molecule has 1 nitrogen and oxygen atoms in total. The molecule has 0 amide bonds. The van der Waals surface area contributed by atoms with E-state index in [1.165, 1.54) is 12.8 Å². The van der Waals surface area contributed by atoms with Gasteiger partial charge < -0.3 is 5.32 Å². The minimum atomic E-state index is -0.124. The molecule has 2 heteroatoms. The standard InChI is InChI=1S/C17H26FN/c1-11(2)14-9-8-12(3)10-16(14)19-17-13(4)6-5-7-15(17)18/h5-7,11-12,14,16,19H,8-10H2,1-4H3. The average molecular weight is 263 g/mol. The Morgan fingerprint density at radius 2 is 2.00 bits per heavy atom.